The number of rotatable bonds is 9. The number of phenolic OH excluding ortho intramolecular Hbond substituents is 1. The fourth-order valence-electron chi connectivity index (χ4n) is 2.17. The number of phenols is 1. The lowest BCUT2D eigenvalue weighted by Crippen LogP contribution is -2.19. The monoisotopic (exact) mass is 496 g/mol. The molecule has 0 saturated heterocycles. The van der Waals surface area contributed by atoms with Gasteiger partial charge in [0.1, 0.15) is 18.1 Å². The van der Waals surface area contributed by atoms with Crippen LogP contribution in [0, 0.1) is 0 Å². The highest BCUT2D eigenvalue weighted by atomic mass is 35.5. The van der Waals surface area contributed by atoms with E-state index in [0.29, 0.717) is 18.6 Å². The number of alkyl halides is 1. The summed E-state index contributed by atoms with van der Waals surface area (Å²) in [6, 6.07) is 13.4. The summed E-state index contributed by atoms with van der Waals surface area (Å²) in [5.41, 5.74) is 1.36. The van der Waals surface area contributed by atoms with Crippen molar-refractivity contribution in [3.63, 3.8) is 0 Å². The van der Waals surface area contributed by atoms with Crippen LogP contribution in [0.15, 0.2) is 48.5 Å². The van der Waals surface area contributed by atoms with Crippen LogP contribution < -0.4 is 4.74 Å². The van der Waals surface area contributed by atoms with Gasteiger partial charge in [-0.2, -0.15) is 0 Å². The van der Waals surface area contributed by atoms with E-state index in [-0.39, 0.29) is 11.7 Å². The zero-order valence-corrected chi connectivity index (χ0v) is 21.7. The van der Waals surface area contributed by atoms with Crippen LogP contribution in [0.2, 0.25) is 0 Å². The van der Waals surface area contributed by atoms with E-state index in [0.717, 1.165) is 30.3 Å². The minimum absolute atomic E-state index is 0.137. The van der Waals surface area contributed by atoms with Crippen molar-refractivity contribution in [1.82, 2.24) is 9.80 Å². The third kappa shape index (κ3) is 15.9. The molecule has 2 aromatic carbocycles. The zero-order valence-electron chi connectivity index (χ0n) is 20.9. The van der Waals surface area contributed by atoms with E-state index in [1.54, 1.807) is 0 Å². The zero-order chi connectivity index (χ0) is 25.9. The Bertz CT molecular complexity index is 811. The van der Waals surface area contributed by atoms with E-state index in [9.17, 15) is 9.59 Å². The molecule has 0 aliphatic carbocycles. The number of nitrogens with zero attached hydrogens (tertiary/aromatic N) is 2. The molecule has 0 fully saturated rings. The number of carbonyl (C=O) groups is 2. The van der Waals surface area contributed by atoms with Gasteiger partial charge in [-0.05, 0) is 70.2 Å². The summed E-state index contributed by atoms with van der Waals surface area (Å²) in [5, 5.41) is 8.86. The first-order valence-corrected chi connectivity index (χ1v) is 11.2. The molecule has 2 aromatic rings. The van der Waals surface area contributed by atoms with Gasteiger partial charge in [0.2, 0.25) is 0 Å². The molecule has 0 atom stereocenters. The van der Waals surface area contributed by atoms with Crippen LogP contribution >= 0.6 is 11.6 Å². The molecule has 190 valence electrons. The summed E-state index contributed by atoms with van der Waals surface area (Å²) >= 11 is 5.35. The average molecular weight is 497 g/mol. The summed E-state index contributed by atoms with van der Waals surface area (Å²) in [5.74, 6) is 1.06. The molecule has 9 heteroatoms. The number of ether oxygens (including phenoxy) is 3. The molecule has 0 unspecified atom stereocenters. The van der Waals surface area contributed by atoms with Gasteiger partial charge in [-0.25, -0.2) is 4.79 Å². The Hall–Kier alpha value is -2.81. The molecule has 0 spiro atoms. The van der Waals surface area contributed by atoms with Crippen LogP contribution in [0.3, 0.4) is 0 Å². The van der Waals surface area contributed by atoms with E-state index < -0.39 is 5.97 Å². The minimum Gasteiger partial charge on any atom is -0.508 e. The quantitative estimate of drug-likeness (QED) is 0.418. The number of hydrogen-bond donors (Lipinski definition) is 1. The molecule has 0 amide bonds. The summed E-state index contributed by atoms with van der Waals surface area (Å²) < 4.78 is 14.6. The van der Waals surface area contributed by atoms with Crippen LogP contribution in [0.4, 0.5) is 0 Å². The number of benzene rings is 2. The molecule has 0 bridgehead atoms. The Morgan fingerprint density at radius 3 is 1.82 bits per heavy atom. The normalized spacial score (nSPS) is 9.91. The highest BCUT2D eigenvalue weighted by molar-refractivity contribution is 6.18. The van der Waals surface area contributed by atoms with Crippen molar-refractivity contribution in [1.29, 1.82) is 0 Å². The Kier molecular flexibility index (Phi) is 17.1. The van der Waals surface area contributed by atoms with Gasteiger partial charge in [0.05, 0.1) is 26.2 Å². The highest BCUT2D eigenvalue weighted by Gasteiger charge is 2.03. The minimum atomic E-state index is -0.398. The third-order valence-electron chi connectivity index (χ3n) is 4.13. The van der Waals surface area contributed by atoms with Gasteiger partial charge in [-0.3, -0.25) is 4.79 Å². The number of hydrogen-bond acceptors (Lipinski definition) is 8. The van der Waals surface area contributed by atoms with Gasteiger partial charge < -0.3 is 29.1 Å². The largest absolute Gasteiger partial charge is 0.508 e. The van der Waals surface area contributed by atoms with Gasteiger partial charge in [0.25, 0.3) is 0 Å². The topological polar surface area (TPSA) is 88.5 Å². The molecule has 0 saturated carbocycles. The Morgan fingerprint density at radius 1 is 0.853 bits per heavy atom. The predicted octanol–water partition coefficient (Wildman–Crippen LogP) is 3.31. The molecule has 0 aliphatic rings. The summed E-state index contributed by atoms with van der Waals surface area (Å²) in [6.07, 6.45) is 0.300. The molecule has 0 aliphatic heterocycles. The molecule has 0 heterocycles. The summed E-state index contributed by atoms with van der Waals surface area (Å²) in [6.45, 7) is 2.51. The maximum Gasteiger partial charge on any atom is 0.337 e. The van der Waals surface area contributed by atoms with Crippen LogP contribution in [-0.4, -0.2) is 94.8 Å². The molecule has 1 N–H and O–H groups in total. The van der Waals surface area contributed by atoms with E-state index in [1.165, 1.54) is 38.5 Å². The number of aromatic hydroxyl groups is 1. The number of esters is 2. The van der Waals surface area contributed by atoms with Gasteiger partial charge in [0, 0.05) is 19.0 Å². The standard InChI is InChI=1S/C13H19NO3.C8H8O3.C4H10ClN/c1-14(2)8-9-17-12-6-4-11(5-7-12)10-13(15)16-3;1-11-8(10)6-2-4-7(9)5-3-6;1-6(2)4-3-5/h4-7H,8-10H2,1-3H3;2-5,9H,1H3;3-4H2,1-2H3. The molecule has 0 radical (unpaired) electrons. The Labute approximate surface area is 208 Å². The molecular formula is C25H37ClN2O6. The van der Waals surface area contributed by atoms with Crippen molar-refractivity contribution in [3.8, 4) is 11.5 Å². The lowest BCUT2D eigenvalue weighted by atomic mass is 10.1. The SMILES string of the molecule is CN(C)CCCl.COC(=O)Cc1ccc(OCCN(C)C)cc1.COC(=O)c1ccc(O)cc1. The smallest absolute Gasteiger partial charge is 0.337 e. The van der Waals surface area contributed by atoms with Crippen LogP contribution in [0.25, 0.3) is 0 Å². The first-order valence-electron chi connectivity index (χ1n) is 10.6. The van der Waals surface area contributed by atoms with Gasteiger partial charge in [-0.1, -0.05) is 12.1 Å². The van der Waals surface area contributed by atoms with Crippen molar-refractivity contribution >= 4 is 23.5 Å². The highest BCUT2D eigenvalue weighted by Crippen LogP contribution is 2.13. The van der Waals surface area contributed by atoms with Crippen LogP contribution in [0.5, 0.6) is 11.5 Å². The van der Waals surface area contributed by atoms with Gasteiger partial charge in [-0.15, -0.1) is 11.6 Å². The third-order valence-corrected chi connectivity index (χ3v) is 4.30. The van der Waals surface area contributed by atoms with Crippen LogP contribution in [-0.2, 0) is 20.7 Å². The van der Waals surface area contributed by atoms with Crippen molar-refractivity contribution in [2.75, 3.05) is 68.0 Å². The van der Waals surface area contributed by atoms with Crippen LogP contribution in [0.1, 0.15) is 15.9 Å². The van der Waals surface area contributed by atoms with Crippen molar-refractivity contribution < 1.29 is 28.9 Å². The Morgan fingerprint density at radius 2 is 1.41 bits per heavy atom. The van der Waals surface area contributed by atoms with Crippen molar-refractivity contribution in [2.45, 2.75) is 6.42 Å². The first kappa shape index (κ1) is 31.2. The lowest BCUT2D eigenvalue weighted by molar-refractivity contribution is -0.139. The molecule has 0 aromatic heterocycles. The number of methoxy groups -OCH3 is 2. The summed E-state index contributed by atoms with van der Waals surface area (Å²) in [4.78, 5) is 26.0. The van der Waals surface area contributed by atoms with Crippen molar-refractivity contribution in [2.24, 2.45) is 0 Å². The van der Waals surface area contributed by atoms with E-state index in [2.05, 4.69) is 14.4 Å². The fraction of sp³-hybridized carbons (Fsp3) is 0.440. The maximum absolute atomic E-state index is 11.1. The van der Waals surface area contributed by atoms with Gasteiger partial charge >= 0.3 is 11.9 Å². The van der Waals surface area contributed by atoms with Gasteiger partial charge in [0.15, 0.2) is 0 Å². The lowest BCUT2D eigenvalue weighted by Gasteiger charge is -2.11. The van der Waals surface area contributed by atoms with E-state index in [4.69, 9.17) is 21.4 Å². The maximum atomic E-state index is 11.1. The summed E-state index contributed by atoms with van der Waals surface area (Å²) in [7, 11) is 10.7. The van der Waals surface area contributed by atoms with Crippen molar-refractivity contribution in [3.05, 3.63) is 59.7 Å². The molecule has 2 rings (SSSR count). The van der Waals surface area contributed by atoms with E-state index in [1.807, 2.05) is 57.4 Å². The second kappa shape index (κ2) is 18.6. The second-order valence-corrected chi connectivity index (χ2v) is 7.96. The number of carbonyl (C=O) groups excluding carboxylic acids is 2. The number of halogens is 1. The Balaban J connectivity index is 0.000000547. The average Bonchev–Trinajstić information content (AvgIpc) is 2.80. The molecular weight excluding hydrogens is 460 g/mol. The van der Waals surface area contributed by atoms with E-state index >= 15 is 0 Å². The molecule has 34 heavy (non-hydrogen) atoms. The predicted molar refractivity (Wildman–Crippen MR) is 135 cm³/mol. The second-order valence-electron chi connectivity index (χ2n) is 7.58. The fourth-order valence-corrected chi connectivity index (χ4v) is 2.51. The molecule has 8 nitrogen and oxygen atoms in total. The number of likely N-dealkylation sites (N-methyl/N-ethyl adjacent to an activating group) is 1. The first-order chi connectivity index (χ1) is 16.1.